The molecule has 0 aliphatic rings. The molecule has 0 unspecified atom stereocenters. The first kappa shape index (κ1) is 12.5. The molecular formula is C10H11N5O2S. The Balaban J connectivity index is 2.10. The predicted octanol–water partition coefficient (Wildman–Crippen LogP) is 2.38. The number of aromatic nitrogens is 4. The summed E-state index contributed by atoms with van der Waals surface area (Å²) in [6, 6.07) is 2.99. The van der Waals surface area contributed by atoms with E-state index in [1.54, 1.807) is 6.07 Å². The van der Waals surface area contributed by atoms with Crippen LogP contribution in [0.4, 0.5) is 5.69 Å². The summed E-state index contributed by atoms with van der Waals surface area (Å²) < 4.78 is 0. The molecule has 2 aromatic heterocycles. The van der Waals surface area contributed by atoms with E-state index in [9.17, 15) is 10.1 Å². The lowest BCUT2D eigenvalue weighted by atomic mass is 10.2. The number of H-pyrrole nitrogens is 1. The van der Waals surface area contributed by atoms with Crippen molar-refractivity contribution in [1.82, 2.24) is 20.2 Å². The average molecular weight is 265 g/mol. The maximum atomic E-state index is 10.5. The first-order chi connectivity index (χ1) is 8.56. The minimum Gasteiger partial charge on any atom is -0.262 e. The van der Waals surface area contributed by atoms with E-state index in [1.807, 2.05) is 13.8 Å². The van der Waals surface area contributed by atoms with Crippen LogP contribution in [0.1, 0.15) is 25.6 Å². The molecule has 0 atom stereocenters. The van der Waals surface area contributed by atoms with Crippen molar-refractivity contribution in [3.8, 4) is 0 Å². The zero-order valence-electron chi connectivity index (χ0n) is 9.82. The van der Waals surface area contributed by atoms with Crippen molar-refractivity contribution >= 4 is 17.4 Å². The first-order valence-corrected chi connectivity index (χ1v) is 6.08. The molecule has 7 nitrogen and oxygen atoms in total. The molecule has 0 aliphatic heterocycles. The van der Waals surface area contributed by atoms with Gasteiger partial charge in [0.2, 0.25) is 5.16 Å². The molecule has 0 aliphatic carbocycles. The largest absolute Gasteiger partial charge is 0.287 e. The van der Waals surface area contributed by atoms with Gasteiger partial charge in [-0.05, 0) is 17.8 Å². The van der Waals surface area contributed by atoms with E-state index >= 15 is 0 Å². The number of nitro groups is 1. The second-order valence-electron chi connectivity index (χ2n) is 3.87. The summed E-state index contributed by atoms with van der Waals surface area (Å²) in [6.45, 7) is 4.03. The number of hydrogen-bond donors (Lipinski definition) is 1. The molecule has 0 amide bonds. The van der Waals surface area contributed by atoms with Gasteiger partial charge in [0.1, 0.15) is 17.0 Å². The van der Waals surface area contributed by atoms with Crippen LogP contribution in [-0.2, 0) is 0 Å². The minimum atomic E-state index is -0.481. The number of pyridine rings is 1. The third-order valence-electron chi connectivity index (χ3n) is 2.16. The highest BCUT2D eigenvalue weighted by Gasteiger charge is 2.10. The summed E-state index contributed by atoms with van der Waals surface area (Å²) in [5.74, 6) is 1.08. The van der Waals surface area contributed by atoms with E-state index in [1.165, 1.54) is 24.0 Å². The molecule has 0 saturated heterocycles. The second kappa shape index (κ2) is 5.13. The van der Waals surface area contributed by atoms with Gasteiger partial charge in [-0.1, -0.05) is 13.8 Å². The van der Waals surface area contributed by atoms with Crippen LogP contribution in [0.5, 0.6) is 0 Å². The molecule has 0 aromatic carbocycles. The Hall–Kier alpha value is -1.96. The van der Waals surface area contributed by atoms with Gasteiger partial charge in [0.25, 0.3) is 5.69 Å². The molecule has 94 valence electrons. The van der Waals surface area contributed by atoms with Crippen LogP contribution in [0.25, 0.3) is 0 Å². The normalized spacial score (nSPS) is 10.8. The smallest absolute Gasteiger partial charge is 0.262 e. The molecule has 0 saturated carbocycles. The van der Waals surface area contributed by atoms with Gasteiger partial charge in [-0.15, -0.1) is 5.10 Å². The summed E-state index contributed by atoms with van der Waals surface area (Å²) in [5.41, 5.74) is -0.0304. The van der Waals surface area contributed by atoms with E-state index in [2.05, 4.69) is 20.2 Å². The van der Waals surface area contributed by atoms with Gasteiger partial charge in [-0.2, -0.15) is 0 Å². The SMILES string of the molecule is CC(C)c1nc(Sc2ccc([N+](=O)[O-])cn2)n[nH]1. The Labute approximate surface area is 107 Å². The fourth-order valence-electron chi connectivity index (χ4n) is 1.20. The number of aromatic amines is 1. The number of rotatable bonds is 4. The molecule has 8 heteroatoms. The monoisotopic (exact) mass is 265 g/mol. The van der Waals surface area contributed by atoms with Crippen molar-refractivity contribution in [2.24, 2.45) is 0 Å². The minimum absolute atomic E-state index is 0.0304. The van der Waals surface area contributed by atoms with Gasteiger partial charge in [0.05, 0.1) is 4.92 Å². The van der Waals surface area contributed by atoms with Gasteiger partial charge in [0, 0.05) is 12.0 Å². The van der Waals surface area contributed by atoms with Crippen LogP contribution in [0.15, 0.2) is 28.5 Å². The van der Waals surface area contributed by atoms with Crippen molar-refractivity contribution in [1.29, 1.82) is 0 Å². The summed E-state index contributed by atoms with van der Waals surface area (Å²) in [7, 11) is 0. The van der Waals surface area contributed by atoms with Crippen LogP contribution in [0, 0.1) is 10.1 Å². The fourth-order valence-corrected chi connectivity index (χ4v) is 1.86. The lowest BCUT2D eigenvalue weighted by Gasteiger charge is -1.96. The van der Waals surface area contributed by atoms with Crippen LogP contribution >= 0.6 is 11.8 Å². The molecule has 0 radical (unpaired) electrons. The highest BCUT2D eigenvalue weighted by molar-refractivity contribution is 7.99. The van der Waals surface area contributed by atoms with Crippen molar-refractivity contribution in [2.75, 3.05) is 0 Å². The number of nitrogens with zero attached hydrogens (tertiary/aromatic N) is 4. The zero-order valence-corrected chi connectivity index (χ0v) is 10.6. The molecule has 0 spiro atoms. The van der Waals surface area contributed by atoms with Crippen molar-refractivity contribution in [3.63, 3.8) is 0 Å². The van der Waals surface area contributed by atoms with Gasteiger partial charge in [0.15, 0.2) is 0 Å². The zero-order chi connectivity index (χ0) is 13.1. The highest BCUT2D eigenvalue weighted by Crippen LogP contribution is 2.24. The van der Waals surface area contributed by atoms with Gasteiger partial charge in [-0.25, -0.2) is 9.97 Å². The van der Waals surface area contributed by atoms with Crippen molar-refractivity contribution in [3.05, 3.63) is 34.3 Å². The average Bonchev–Trinajstić information content (AvgIpc) is 2.78. The number of nitrogens with one attached hydrogen (secondary N) is 1. The van der Waals surface area contributed by atoms with Gasteiger partial charge in [-0.3, -0.25) is 15.2 Å². The van der Waals surface area contributed by atoms with Crippen LogP contribution in [0.2, 0.25) is 0 Å². The highest BCUT2D eigenvalue weighted by atomic mass is 32.2. The predicted molar refractivity (Wildman–Crippen MR) is 65.5 cm³/mol. The number of hydrogen-bond acceptors (Lipinski definition) is 6. The first-order valence-electron chi connectivity index (χ1n) is 5.27. The van der Waals surface area contributed by atoms with Crippen molar-refractivity contribution in [2.45, 2.75) is 29.9 Å². The fraction of sp³-hybridized carbons (Fsp3) is 0.300. The Morgan fingerprint density at radius 2 is 2.22 bits per heavy atom. The summed E-state index contributed by atoms with van der Waals surface area (Å²) in [6.07, 6.45) is 1.22. The topological polar surface area (TPSA) is 97.6 Å². The summed E-state index contributed by atoms with van der Waals surface area (Å²) >= 11 is 1.26. The molecule has 2 heterocycles. The Kier molecular flexibility index (Phi) is 3.56. The molecule has 18 heavy (non-hydrogen) atoms. The third-order valence-corrected chi connectivity index (χ3v) is 2.97. The molecule has 2 aromatic rings. The van der Waals surface area contributed by atoms with E-state index in [-0.39, 0.29) is 11.6 Å². The van der Waals surface area contributed by atoms with Crippen LogP contribution < -0.4 is 0 Å². The standard InChI is InChI=1S/C10H11N5O2S/c1-6(2)9-12-10(14-13-9)18-8-4-3-7(5-11-8)15(16)17/h3-6H,1-2H3,(H,12,13,14). The van der Waals surface area contributed by atoms with E-state index in [0.717, 1.165) is 5.82 Å². The maximum absolute atomic E-state index is 10.5. The van der Waals surface area contributed by atoms with Crippen LogP contribution in [-0.4, -0.2) is 25.1 Å². The Bertz CT molecular complexity index is 552. The van der Waals surface area contributed by atoms with E-state index in [4.69, 9.17) is 0 Å². The Morgan fingerprint density at radius 3 is 2.72 bits per heavy atom. The quantitative estimate of drug-likeness (QED) is 0.673. The lowest BCUT2D eigenvalue weighted by molar-refractivity contribution is -0.385. The lowest BCUT2D eigenvalue weighted by Crippen LogP contribution is -1.90. The second-order valence-corrected chi connectivity index (χ2v) is 4.86. The molecule has 0 bridgehead atoms. The van der Waals surface area contributed by atoms with Gasteiger partial charge >= 0.3 is 0 Å². The summed E-state index contributed by atoms with van der Waals surface area (Å²) in [4.78, 5) is 18.3. The molecule has 2 rings (SSSR count). The maximum Gasteiger partial charge on any atom is 0.287 e. The van der Waals surface area contributed by atoms with Crippen molar-refractivity contribution < 1.29 is 4.92 Å². The third kappa shape index (κ3) is 2.83. The van der Waals surface area contributed by atoms with Gasteiger partial charge < -0.3 is 0 Å². The molecule has 0 fully saturated rings. The van der Waals surface area contributed by atoms with E-state index in [0.29, 0.717) is 10.2 Å². The molecular weight excluding hydrogens is 254 g/mol. The molecule has 1 N–H and O–H groups in total. The Morgan fingerprint density at radius 1 is 1.44 bits per heavy atom. The summed E-state index contributed by atoms with van der Waals surface area (Å²) in [5, 5.41) is 18.5. The van der Waals surface area contributed by atoms with Crippen LogP contribution in [0.3, 0.4) is 0 Å². The van der Waals surface area contributed by atoms with E-state index < -0.39 is 4.92 Å².